The van der Waals surface area contributed by atoms with E-state index in [0.717, 1.165) is 7.11 Å². The van der Waals surface area contributed by atoms with E-state index >= 15 is 0 Å². The summed E-state index contributed by atoms with van der Waals surface area (Å²) < 4.78 is 66.9. The molecule has 100 valence electrons. The number of hydrogen-bond acceptors (Lipinski definition) is 4. The first-order valence-corrected chi connectivity index (χ1v) is 4.42. The average molecular weight is 270 g/mol. The third kappa shape index (κ3) is 2.49. The molecule has 0 aromatic carbocycles. The van der Waals surface area contributed by atoms with E-state index in [-0.39, 0.29) is 0 Å². The number of halogens is 5. The molecule has 1 heterocycles. The van der Waals surface area contributed by atoms with Gasteiger partial charge >= 0.3 is 12.1 Å². The molecule has 0 amide bonds. The fraction of sp³-hybridized carbons (Fsp3) is 0.333. The van der Waals surface area contributed by atoms with Crippen molar-refractivity contribution in [3.8, 4) is 0 Å². The molecule has 0 saturated carbocycles. The fourth-order valence-corrected chi connectivity index (χ4v) is 1.29. The first-order valence-electron chi connectivity index (χ1n) is 4.42. The first-order chi connectivity index (χ1) is 8.20. The van der Waals surface area contributed by atoms with Crippen LogP contribution in [0.3, 0.4) is 0 Å². The summed E-state index contributed by atoms with van der Waals surface area (Å²) in [4.78, 5) is 14.2. The molecular weight excluding hydrogens is 263 g/mol. The highest BCUT2D eigenvalue weighted by Gasteiger charge is 2.40. The smallest absolute Gasteiger partial charge is 0.419 e. The second-order valence-corrected chi connectivity index (χ2v) is 3.14. The van der Waals surface area contributed by atoms with Gasteiger partial charge in [-0.05, 0) is 0 Å². The molecule has 0 unspecified atom stereocenters. The molecule has 0 fully saturated rings. The quantitative estimate of drug-likeness (QED) is 0.662. The molecule has 0 atom stereocenters. The van der Waals surface area contributed by atoms with Gasteiger partial charge in [-0.25, -0.2) is 13.6 Å². The highest BCUT2D eigenvalue weighted by molar-refractivity contribution is 5.92. The number of aromatic nitrogens is 1. The number of pyridine rings is 1. The van der Waals surface area contributed by atoms with Crippen molar-refractivity contribution >= 4 is 11.7 Å². The molecule has 0 aliphatic carbocycles. The molecule has 18 heavy (non-hydrogen) atoms. The molecular formula is C9H7F5N2O2. The van der Waals surface area contributed by atoms with Crippen LogP contribution < -0.4 is 5.73 Å². The van der Waals surface area contributed by atoms with Crippen molar-refractivity contribution in [3.63, 3.8) is 0 Å². The second kappa shape index (κ2) is 4.75. The number of nitrogens with two attached hydrogens (primary N) is 1. The van der Waals surface area contributed by atoms with Crippen LogP contribution in [0.25, 0.3) is 0 Å². The van der Waals surface area contributed by atoms with Gasteiger partial charge in [-0.3, -0.25) is 4.98 Å². The Bertz CT molecular complexity index is 473. The molecule has 9 heteroatoms. The van der Waals surface area contributed by atoms with Gasteiger partial charge in [0, 0.05) is 6.20 Å². The van der Waals surface area contributed by atoms with Crippen LogP contribution in [0.2, 0.25) is 0 Å². The summed E-state index contributed by atoms with van der Waals surface area (Å²) in [7, 11) is 0.847. The minimum Gasteiger partial charge on any atom is -0.465 e. The second-order valence-electron chi connectivity index (χ2n) is 3.14. The van der Waals surface area contributed by atoms with E-state index in [4.69, 9.17) is 5.73 Å². The lowest BCUT2D eigenvalue weighted by molar-refractivity contribution is -0.137. The van der Waals surface area contributed by atoms with Crippen LogP contribution in [0.4, 0.5) is 27.6 Å². The van der Waals surface area contributed by atoms with Crippen molar-refractivity contribution in [2.45, 2.75) is 12.6 Å². The Balaban J connectivity index is 3.57. The molecule has 0 bridgehead atoms. The molecule has 0 aliphatic heterocycles. The van der Waals surface area contributed by atoms with Gasteiger partial charge in [0.1, 0.15) is 5.69 Å². The number of anilines is 1. The number of carbonyl (C=O) groups is 1. The summed E-state index contributed by atoms with van der Waals surface area (Å²) in [6.45, 7) is 0. The lowest BCUT2D eigenvalue weighted by atomic mass is 10.1. The van der Waals surface area contributed by atoms with E-state index in [1.54, 1.807) is 0 Å². The minimum absolute atomic E-state index is 0.368. The standard InChI is InChI=1S/C9H7F5N2O2/c1-18-8(17)3-2-16-6(7(10)11)5(15)4(3)9(12,13)14/h2,7H,15H2,1H3. The molecule has 1 aromatic rings. The summed E-state index contributed by atoms with van der Waals surface area (Å²) in [5, 5.41) is 0. The summed E-state index contributed by atoms with van der Waals surface area (Å²) >= 11 is 0. The Morgan fingerprint density at radius 2 is 2.00 bits per heavy atom. The van der Waals surface area contributed by atoms with E-state index in [1.165, 1.54) is 0 Å². The van der Waals surface area contributed by atoms with Crippen molar-refractivity contribution in [2.24, 2.45) is 0 Å². The van der Waals surface area contributed by atoms with Gasteiger partial charge in [0.05, 0.1) is 23.9 Å². The number of methoxy groups -OCH3 is 1. The molecule has 0 saturated heterocycles. The summed E-state index contributed by atoms with van der Waals surface area (Å²) in [5.74, 6) is -1.36. The number of nitrogen functional groups attached to an aromatic ring is 1. The van der Waals surface area contributed by atoms with Gasteiger partial charge in [0.25, 0.3) is 6.43 Å². The van der Waals surface area contributed by atoms with Crippen molar-refractivity contribution in [2.75, 3.05) is 12.8 Å². The largest absolute Gasteiger partial charge is 0.465 e. The highest BCUT2D eigenvalue weighted by atomic mass is 19.4. The normalized spacial score (nSPS) is 11.7. The van der Waals surface area contributed by atoms with Crippen LogP contribution in [0.1, 0.15) is 28.0 Å². The SMILES string of the molecule is COC(=O)c1cnc(C(F)F)c(N)c1C(F)(F)F. The van der Waals surface area contributed by atoms with Crippen molar-refractivity contribution in [1.82, 2.24) is 4.98 Å². The van der Waals surface area contributed by atoms with Crippen molar-refractivity contribution < 1.29 is 31.5 Å². The maximum Gasteiger partial charge on any atom is 0.419 e. The van der Waals surface area contributed by atoms with Crippen LogP contribution in [0.5, 0.6) is 0 Å². The highest BCUT2D eigenvalue weighted by Crippen LogP contribution is 2.39. The van der Waals surface area contributed by atoms with Crippen LogP contribution >= 0.6 is 0 Å². The monoisotopic (exact) mass is 270 g/mol. The lowest BCUT2D eigenvalue weighted by Crippen LogP contribution is -2.19. The molecule has 0 radical (unpaired) electrons. The fourth-order valence-electron chi connectivity index (χ4n) is 1.29. The van der Waals surface area contributed by atoms with Gasteiger partial charge in [-0.1, -0.05) is 0 Å². The Kier molecular flexibility index (Phi) is 3.73. The zero-order valence-electron chi connectivity index (χ0n) is 8.89. The zero-order chi connectivity index (χ0) is 14.1. The predicted octanol–water partition coefficient (Wildman–Crippen LogP) is 2.41. The number of alkyl halides is 5. The maximum absolute atomic E-state index is 12.7. The third-order valence-electron chi connectivity index (χ3n) is 2.04. The Morgan fingerprint density at radius 1 is 1.44 bits per heavy atom. The van der Waals surface area contributed by atoms with Crippen LogP contribution in [0, 0.1) is 0 Å². The average Bonchev–Trinajstić information content (AvgIpc) is 2.25. The van der Waals surface area contributed by atoms with Crippen LogP contribution in [0.15, 0.2) is 6.20 Å². The predicted molar refractivity (Wildman–Crippen MR) is 49.9 cm³/mol. The van der Waals surface area contributed by atoms with Crippen LogP contribution in [-0.2, 0) is 10.9 Å². The van der Waals surface area contributed by atoms with Crippen molar-refractivity contribution in [1.29, 1.82) is 0 Å². The van der Waals surface area contributed by atoms with E-state index < -0.39 is 41.1 Å². The Hall–Kier alpha value is -1.93. The molecule has 4 nitrogen and oxygen atoms in total. The number of carbonyl (C=O) groups excluding carboxylic acids is 1. The van der Waals surface area contributed by atoms with E-state index in [9.17, 15) is 26.7 Å². The third-order valence-corrected chi connectivity index (χ3v) is 2.04. The number of ether oxygens (including phenoxy) is 1. The molecule has 2 N–H and O–H groups in total. The van der Waals surface area contributed by atoms with E-state index in [0.29, 0.717) is 6.20 Å². The number of rotatable bonds is 2. The molecule has 1 rings (SSSR count). The van der Waals surface area contributed by atoms with Gasteiger partial charge in [0.15, 0.2) is 0 Å². The minimum atomic E-state index is -5.07. The van der Waals surface area contributed by atoms with E-state index in [2.05, 4.69) is 9.72 Å². The number of nitrogens with zero attached hydrogens (tertiary/aromatic N) is 1. The van der Waals surface area contributed by atoms with E-state index in [1.807, 2.05) is 0 Å². The molecule has 1 aromatic heterocycles. The lowest BCUT2D eigenvalue weighted by Gasteiger charge is -2.15. The maximum atomic E-state index is 12.7. The van der Waals surface area contributed by atoms with Crippen LogP contribution in [-0.4, -0.2) is 18.1 Å². The van der Waals surface area contributed by atoms with Crippen molar-refractivity contribution in [3.05, 3.63) is 23.0 Å². The molecule has 0 aliphatic rings. The van der Waals surface area contributed by atoms with Gasteiger partial charge in [0.2, 0.25) is 0 Å². The summed E-state index contributed by atoms with van der Waals surface area (Å²) in [6, 6.07) is 0. The van der Waals surface area contributed by atoms with Gasteiger partial charge < -0.3 is 10.5 Å². The van der Waals surface area contributed by atoms with Gasteiger partial charge in [-0.2, -0.15) is 13.2 Å². The van der Waals surface area contributed by atoms with Gasteiger partial charge in [-0.15, -0.1) is 0 Å². The zero-order valence-corrected chi connectivity index (χ0v) is 8.89. The number of hydrogen-bond donors (Lipinski definition) is 1. The summed E-state index contributed by atoms with van der Waals surface area (Å²) in [5.41, 5.74) is -0.185. The Morgan fingerprint density at radius 3 is 2.39 bits per heavy atom. The Labute approximate surface area is 97.6 Å². The topological polar surface area (TPSA) is 65.2 Å². The molecule has 0 spiro atoms. The first kappa shape index (κ1) is 14.1. The summed E-state index contributed by atoms with van der Waals surface area (Å²) in [6.07, 6.45) is -7.98. The number of esters is 1.